The highest BCUT2D eigenvalue weighted by Gasteiger charge is 2.23. The molecule has 0 aliphatic carbocycles. The molecule has 6 heteroatoms. The highest BCUT2D eigenvalue weighted by atomic mass is 32.1. The third-order valence-electron chi connectivity index (χ3n) is 3.04. The van der Waals surface area contributed by atoms with Crippen LogP contribution in [0.3, 0.4) is 0 Å². The zero-order valence-electron chi connectivity index (χ0n) is 11.5. The van der Waals surface area contributed by atoms with Crippen LogP contribution in [-0.2, 0) is 14.3 Å². The second-order valence-corrected chi connectivity index (χ2v) is 5.54. The van der Waals surface area contributed by atoms with Gasteiger partial charge < -0.3 is 4.74 Å². The number of fused-ring (bicyclic) bond motifs is 1. The Kier molecular flexibility index (Phi) is 5.01. The third kappa shape index (κ3) is 3.64. The second kappa shape index (κ2) is 6.95. The molecular weight excluding hydrogens is 288 g/mol. The van der Waals surface area contributed by atoms with Crippen molar-refractivity contribution in [2.45, 2.75) is 25.2 Å². The Morgan fingerprint density at radius 1 is 1.38 bits per heavy atom. The number of benzene rings is 1. The monoisotopic (exact) mass is 302 g/mol. The van der Waals surface area contributed by atoms with Crippen molar-refractivity contribution in [3.8, 4) is 6.07 Å². The van der Waals surface area contributed by atoms with Crippen molar-refractivity contribution in [3.63, 3.8) is 0 Å². The Hall–Kier alpha value is -2.26. The van der Waals surface area contributed by atoms with Gasteiger partial charge in [0.2, 0.25) is 0 Å². The zero-order chi connectivity index (χ0) is 15.2. The van der Waals surface area contributed by atoms with Crippen molar-refractivity contribution < 1.29 is 14.3 Å². The van der Waals surface area contributed by atoms with Crippen molar-refractivity contribution in [1.29, 1.82) is 5.26 Å². The molecule has 0 N–H and O–H groups in total. The van der Waals surface area contributed by atoms with E-state index in [1.54, 1.807) is 0 Å². The van der Waals surface area contributed by atoms with Gasteiger partial charge in [-0.3, -0.25) is 9.59 Å². The largest absolute Gasteiger partial charge is 0.469 e. The first-order valence-electron chi connectivity index (χ1n) is 6.50. The number of ether oxygens (including phenoxy) is 1. The molecule has 5 nitrogen and oxygen atoms in total. The average Bonchev–Trinajstić information content (AvgIpc) is 2.91. The van der Waals surface area contributed by atoms with Gasteiger partial charge in [0.25, 0.3) is 0 Å². The van der Waals surface area contributed by atoms with Crippen LogP contribution < -0.4 is 0 Å². The molecule has 1 aromatic carbocycles. The molecule has 0 spiro atoms. The number of methoxy groups -OCH3 is 1. The Morgan fingerprint density at radius 3 is 2.81 bits per heavy atom. The Morgan fingerprint density at radius 2 is 2.14 bits per heavy atom. The minimum Gasteiger partial charge on any atom is -0.469 e. The lowest BCUT2D eigenvalue weighted by Gasteiger charge is -2.04. The molecule has 0 saturated carbocycles. The summed E-state index contributed by atoms with van der Waals surface area (Å²) >= 11 is 1.36. The van der Waals surface area contributed by atoms with E-state index in [0.717, 1.165) is 10.2 Å². The number of nitriles is 1. The van der Waals surface area contributed by atoms with E-state index in [1.165, 1.54) is 18.4 Å². The Labute approximate surface area is 126 Å². The van der Waals surface area contributed by atoms with Gasteiger partial charge in [-0.1, -0.05) is 12.1 Å². The maximum absolute atomic E-state index is 12.1. The van der Waals surface area contributed by atoms with Crippen LogP contribution in [0.15, 0.2) is 24.3 Å². The number of esters is 1. The van der Waals surface area contributed by atoms with Gasteiger partial charge in [-0.15, -0.1) is 11.3 Å². The van der Waals surface area contributed by atoms with Crippen molar-refractivity contribution in [2.75, 3.05) is 7.11 Å². The number of hydrogen-bond donors (Lipinski definition) is 0. The molecule has 0 aliphatic rings. The number of Topliss-reactive ketones (excluding diaryl/α,β-unsaturated/α-hetero) is 1. The fourth-order valence-corrected chi connectivity index (χ4v) is 2.97. The maximum Gasteiger partial charge on any atom is 0.305 e. The maximum atomic E-state index is 12.1. The number of aromatic nitrogens is 1. The van der Waals surface area contributed by atoms with Gasteiger partial charge in [0.1, 0.15) is 5.01 Å². The van der Waals surface area contributed by atoms with Gasteiger partial charge in [0, 0.05) is 12.8 Å². The first-order chi connectivity index (χ1) is 10.2. The zero-order valence-corrected chi connectivity index (χ0v) is 12.4. The molecule has 0 unspecified atom stereocenters. The van der Waals surface area contributed by atoms with Crippen LogP contribution in [-0.4, -0.2) is 23.8 Å². The summed E-state index contributed by atoms with van der Waals surface area (Å²) in [5.74, 6) is -1.42. The Balaban J connectivity index is 2.06. The highest BCUT2D eigenvalue weighted by molar-refractivity contribution is 7.18. The summed E-state index contributed by atoms with van der Waals surface area (Å²) < 4.78 is 5.47. The number of hydrogen-bond acceptors (Lipinski definition) is 6. The summed E-state index contributed by atoms with van der Waals surface area (Å²) in [6, 6.07) is 9.53. The van der Waals surface area contributed by atoms with Crippen LogP contribution in [0.5, 0.6) is 0 Å². The second-order valence-electron chi connectivity index (χ2n) is 4.48. The third-order valence-corrected chi connectivity index (χ3v) is 4.14. The summed E-state index contributed by atoms with van der Waals surface area (Å²) in [5, 5.41) is 9.75. The lowest BCUT2D eigenvalue weighted by molar-refractivity contribution is -0.140. The molecule has 0 fully saturated rings. The van der Waals surface area contributed by atoms with E-state index in [-0.39, 0.29) is 24.6 Å². The number of nitrogens with zero attached hydrogens (tertiary/aromatic N) is 2. The van der Waals surface area contributed by atoms with E-state index in [1.807, 2.05) is 30.3 Å². The topological polar surface area (TPSA) is 80.0 Å². The van der Waals surface area contributed by atoms with E-state index in [0.29, 0.717) is 11.4 Å². The van der Waals surface area contributed by atoms with Crippen molar-refractivity contribution in [1.82, 2.24) is 4.98 Å². The SMILES string of the molecule is COC(=O)CCCC(=O)[C@H](C#N)c1nc2ccccc2s1. The molecule has 0 radical (unpaired) electrons. The van der Waals surface area contributed by atoms with E-state index >= 15 is 0 Å². The molecule has 2 rings (SSSR count). The highest BCUT2D eigenvalue weighted by Crippen LogP contribution is 2.28. The number of rotatable bonds is 6. The fourth-order valence-electron chi connectivity index (χ4n) is 1.93. The first kappa shape index (κ1) is 15.1. The van der Waals surface area contributed by atoms with Gasteiger partial charge in [-0.05, 0) is 18.6 Å². The molecule has 108 valence electrons. The smallest absolute Gasteiger partial charge is 0.305 e. The standard InChI is InChI=1S/C15H14N2O3S/c1-20-14(19)8-4-6-12(18)10(9-16)15-17-11-5-2-3-7-13(11)21-15/h2-3,5,7,10H,4,6,8H2,1H3/t10-/m0/s1. The fraction of sp³-hybridized carbons (Fsp3) is 0.333. The number of para-hydroxylation sites is 1. The van der Waals surface area contributed by atoms with Crippen molar-refractivity contribution >= 4 is 33.3 Å². The summed E-state index contributed by atoms with van der Waals surface area (Å²) in [5.41, 5.74) is 0.792. The first-order valence-corrected chi connectivity index (χ1v) is 7.32. The van der Waals surface area contributed by atoms with Crippen LogP contribution in [0.1, 0.15) is 30.2 Å². The molecule has 1 heterocycles. The van der Waals surface area contributed by atoms with Gasteiger partial charge in [0.05, 0.1) is 23.4 Å². The summed E-state index contributed by atoms with van der Waals surface area (Å²) in [6.07, 6.45) is 0.734. The summed E-state index contributed by atoms with van der Waals surface area (Å²) in [4.78, 5) is 27.5. The number of ketones is 1. The molecule has 1 aromatic heterocycles. The predicted molar refractivity (Wildman–Crippen MR) is 78.8 cm³/mol. The van der Waals surface area contributed by atoms with Gasteiger partial charge in [0.15, 0.2) is 11.7 Å². The Bertz CT molecular complexity index is 669. The van der Waals surface area contributed by atoms with Crippen molar-refractivity contribution in [2.24, 2.45) is 0 Å². The van der Waals surface area contributed by atoms with E-state index in [9.17, 15) is 14.9 Å². The van der Waals surface area contributed by atoms with Gasteiger partial charge >= 0.3 is 5.97 Å². The summed E-state index contributed by atoms with van der Waals surface area (Å²) in [7, 11) is 1.31. The van der Waals surface area contributed by atoms with Gasteiger partial charge in [-0.25, -0.2) is 4.98 Å². The summed E-state index contributed by atoms with van der Waals surface area (Å²) in [6.45, 7) is 0. The van der Waals surface area contributed by atoms with Crippen LogP contribution in [0, 0.1) is 11.3 Å². The molecule has 1 atom stereocenters. The number of carbonyl (C=O) groups is 2. The quantitative estimate of drug-likeness (QED) is 0.766. The number of thiazole rings is 1. The molecule has 21 heavy (non-hydrogen) atoms. The van der Waals surface area contributed by atoms with E-state index < -0.39 is 5.92 Å². The van der Waals surface area contributed by atoms with Crippen LogP contribution in [0.25, 0.3) is 10.2 Å². The molecule has 0 amide bonds. The average molecular weight is 302 g/mol. The molecule has 2 aromatic rings. The van der Waals surface area contributed by atoms with Crippen LogP contribution in [0.4, 0.5) is 0 Å². The molecular formula is C15H14N2O3S. The lowest BCUT2D eigenvalue weighted by atomic mass is 10.0. The minimum absolute atomic E-state index is 0.170. The normalized spacial score (nSPS) is 11.8. The van der Waals surface area contributed by atoms with Crippen LogP contribution >= 0.6 is 11.3 Å². The lowest BCUT2D eigenvalue weighted by Crippen LogP contribution is -2.11. The van der Waals surface area contributed by atoms with Crippen molar-refractivity contribution in [3.05, 3.63) is 29.3 Å². The van der Waals surface area contributed by atoms with E-state index in [4.69, 9.17) is 0 Å². The number of carbonyl (C=O) groups excluding carboxylic acids is 2. The predicted octanol–water partition coefficient (Wildman–Crippen LogP) is 2.82. The molecule has 0 aliphatic heterocycles. The molecule has 0 bridgehead atoms. The minimum atomic E-state index is -0.861. The van der Waals surface area contributed by atoms with E-state index in [2.05, 4.69) is 9.72 Å². The van der Waals surface area contributed by atoms with Crippen LogP contribution in [0.2, 0.25) is 0 Å². The molecule has 0 saturated heterocycles. The van der Waals surface area contributed by atoms with Gasteiger partial charge in [-0.2, -0.15) is 5.26 Å².